The van der Waals surface area contributed by atoms with Crippen LogP contribution in [0.5, 0.6) is 0 Å². The molecule has 1 N–H and O–H groups in total. The third kappa shape index (κ3) is 6.55. The first-order chi connectivity index (χ1) is 6.35. The van der Waals surface area contributed by atoms with Gasteiger partial charge in [0, 0.05) is 0 Å². The highest BCUT2D eigenvalue weighted by Crippen LogP contribution is 1.88. The van der Waals surface area contributed by atoms with E-state index in [0.717, 1.165) is 0 Å². The molecule has 0 saturated heterocycles. The van der Waals surface area contributed by atoms with E-state index in [1.807, 2.05) is 0 Å². The van der Waals surface area contributed by atoms with Crippen LogP contribution in [0.4, 0.5) is 0 Å². The molecular formula is C9H13N3O. The Kier molecular flexibility index (Phi) is 7.09. The summed E-state index contributed by atoms with van der Waals surface area (Å²) in [6.07, 6.45) is 7.93. The topological polar surface area (TPSA) is 46.0 Å². The number of methoxy groups -OCH3 is 1. The minimum absolute atomic E-state index is 0.539. The van der Waals surface area contributed by atoms with E-state index in [0.29, 0.717) is 5.82 Å². The zero-order chi connectivity index (χ0) is 9.94. The summed E-state index contributed by atoms with van der Waals surface area (Å²) in [7, 11) is 1.56. The van der Waals surface area contributed by atoms with Crippen LogP contribution in [0.1, 0.15) is 0 Å². The van der Waals surface area contributed by atoms with Gasteiger partial charge in [0.05, 0.1) is 19.6 Å². The Hall–Kier alpha value is -1.84. The van der Waals surface area contributed by atoms with Crippen molar-refractivity contribution in [3.05, 3.63) is 36.9 Å². The molecule has 0 aliphatic rings. The van der Waals surface area contributed by atoms with Crippen LogP contribution in [0.2, 0.25) is 0 Å². The van der Waals surface area contributed by atoms with Crippen molar-refractivity contribution in [1.29, 1.82) is 0 Å². The van der Waals surface area contributed by atoms with E-state index in [1.54, 1.807) is 25.3 Å². The molecule has 0 aliphatic carbocycles. The van der Waals surface area contributed by atoms with Crippen LogP contribution in [0, 0.1) is 0 Å². The molecule has 0 bridgehead atoms. The van der Waals surface area contributed by atoms with Gasteiger partial charge in [0.1, 0.15) is 5.82 Å². The van der Waals surface area contributed by atoms with E-state index in [9.17, 15) is 0 Å². The summed E-state index contributed by atoms with van der Waals surface area (Å²) >= 11 is 0. The zero-order valence-corrected chi connectivity index (χ0v) is 7.60. The Morgan fingerprint density at radius 3 is 2.85 bits per heavy atom. The average molecular weight is 179 g/mol. The van der Waals surface area contributed by atoms with Crippen LogP contribution in [0.15, 0.2) is 47.0 Å². The monoisotopic (exact) mass is 179 g/mol. The molecule has 0 spiro atoms. The number of nitrogens with zero attached hydrogens (tertiary/aromatic N) is 2. The first-order valence-corrected chi connectivity index (χ1v) is 3.61. The van der Waals surface area contributed by atoms with Crippen LogP contribution in [-0.2, 0) is 4.74 Å². The quantitative estimate of drug-likeness (QED) is 0.290. The molecule has 0 unspecified atom stereocenters. The van der Waals surface area contributed by atoms with Crippen molar-refractivity contribution < 1.29 is 4.74 Å². The van der Waals surface area contributed by atoms with Crippen molar-refractivity contribution in [2.75, 3.05) is 7.11 Å². The maximum absolute atomic E-state index is 4.66. The van der Waals surface area contributed by atoms with Gasteiger partial charge in [-0.1, -0.05) is 12.7 Å². The summed E-state index contributed by atoms with van der Waals surface area (Å²) in [5.41, 5.74) is 2.65. The number of hydrogen-bond donors (Lipinski definition) is 1. The van der Waals surface area contributed by atoms with Crippen molar-refractivity contribution in [3.8, 4) is 0 Å². The molecule has 0 atom stereocenters. The highest BCUT2D eigenvalue weighted by molar-refractivity contribution is 5.70. The molecule has 0 heterocycles. The minimum Gasteiger partial charge on any atom is -0.504 e. The fourth-order valence-electron chi connectivity index (χ4n) is 0.497. The molecule has 4 nitrogen and oxygen atoms in total. The lowest BCUT2D eigenvalue weighted by Crippen LogP contribution is -2.01. The number of hydrazone groups is 1. The van der Waals surface area contributed by atoms with Crippen LogP contribution >= 0.6 is 0 Å². The molecule has 0 aliphatic heterocycles. The second kappa shape index (κ2) is 8.26. The van der Waals surface area contributed by atoms with Gasteiger partial charge >= 0.3 is 0 Å². The van der Waals surface area contributed by atoms with Crippen molar-refractivity contribution >= 4 is 12.9 Å². The summed E-state index contributed by atoms with van der Waals surface area (Å²) in [6.45, 7) is 6.87. The smallest absolute Gasteiger partial charge is 0.145 e. The molecule has 0 aromatic heterocycles. The first-order valence-electron chi connectivity index (χ1n) is 3.61. The number of nitrogens with one attached hydrogen (secondary N) is 1. The Labute approximate surface area is 78.0 Å². The van der Waals surface area contributed by atoms with Gasteiger partial charge in [0.25, 0.3) is 0 Å². The third-order valence-electron chi connectivity index (χ3n) is 1.00. The molecule has 4 heteroatoms. The molecule has 0 radical (unpaired) electrons. The molecular weight excluding hydrogens is 166 g/mol. The van der Waals surface area contributed by atoms with E-state index in [-0.39, 0.29) is 0 Å². The fourth-order valence-corrected chi connectivity index (χ4v) is 0.497. The molecule has 0 fully saturated rings. The lowest BCUT2D eigenvalue weighted by Gasteiger charge is -1.95. The molecule has 70 valence electrons. The van der Waals surface area contributed by atoms with Crippen molar-refractivity contribution in [3.63, 3.8) is 0 Å². The molecule has 0 rings (SSSR count). The number of rotatable bonds is 6. The number of allylic oxidation sites excluding steroid dienone is 3. The van der Waals surface area contributed by atoms with Gasteiger partial charge in [-0.15, -0.1) is 0 Å². The maximum atomic E-state index is 4.66. The van der Waals surface area contributed by atoms with Crippen LogP contribution in [-0.4, -0.2) is 20.0 Å². The largest absolute Gasteiger partial charge is 0.504 e. The lowest BCUT2D eigenvalue weighted by molar-refractivity contribution is 0.338. The highest BCUT2D eigenvalue weighted by Gasteiger charge is 1.82. The van der Waals surface area contributed by atoms with E-state index >= 15 is 0 Å². The fraction of sp³-hybridized carbons (Fsp3) is 0.111. The second-order valence-corrected chi connectivity index (χ2v) is 1.90. The Balaban J connectivity index is 3.91. The van der Waals surface area contributed by atoms with Gasteiger partial charge in [-0.2, -0.15) is 5.10 Å². The van der Waals surface area contributed by atoms with E-state index < -0.39 is 0 Å². The summed E-state index contributed by atoms with van der Waals surface area (Å²) in [4.78, 5) is 3.66. The second-order valence-electron chi connectivity index (χ2n) is 1.90. The predicted octanol–water partition coefficient (Wildman–Crippen LogP) is 1.45. The minimum atomic E-state index is 0.539. The van der Waals surface area contributed by atoms with Gasteiger partial charge in [0.15, 0.2) is 0 Å². The van der Waals surface area contributed by atoms with Gasteiger partial charge < -0.3 is 4.74 Å². The standard InChI is InChI=1S/C9H13N3O/c1-4-6-9(10-2)12-11-7-5-8-13-3/h4-8,12H,1-2H2,3H3/b8-5+,9-6+,11-7-. The van der Waals surface area contributed by atoms with Crippen LogP contribution in [0.3, 0.4) is 0 Å². The molecule has 0 aromatic rings. The number of hydrogen-bond acceptors (Lipinski definition) is 4. The van der Waals surface area contributed by atoms with E-state index in [2.05, 4.69) is 33.6 Å². The summed E-state index contributed by atoms with van der Waals surface area (Å²) in [5, 5.41) is 3.81. The molecule has 0 amide bonds. The first kappa shape index (κ1) is 11.2. The molecule has 0 aromatic carbocycles. The van der Waals surface area contributed by atoms with Gasteiger partial charge in [0.2, 0.25) is 0 Å². The maximum Gasteiger partial charge on any atom is 0.145 e. The van der Waals surface area contributed by atoms with Gasteiger partial charge in [-0.3, -0.25) is 5.43 Å². The summed E-state index contributed by atoms with van der Waals surface area (Å²) in [6, 6.07) is 0. The third-order valence-corrected chi connectivity index (χ3v) is 1.00. The molecule has 13 heavy (non-hydrogen) atoms. The lowest BCUT2D eigenvalue weighted by atomic mass is 10.5. The Bertz CT molecular complexity index is 241. The van der Waals surface area contributed by atoms with E-state index in [1.165, 1.54) is 12.5 Å². The molecule has 0 saturated carbocycles. The summed E-state index contributed by atoms with van der Waals surface area (Å²) < 4.78 is 4.66. The van der Waals surface area contributed by atoms with Gasteiger partial charge in [-0.25, -0.2) is 4.99 Å². The SMILES string of the molecule is C=C/C=C(\N=C)N/N=C\C=C\OC. The zero-order valence-electron chi connectivity index (χ0n) is 7.60. The predicted molar refractivity (Wildman–Crippen MR) is 55.6 cm³/mol. The van der Waals surface area contributed by atoms with Gasteiger partial charge in [-0.05, 0) is 18.9 Å². The van der Waals surface area contributed by atoms with Crippen molar-refractivity contribution in [2.24, 2.45) is 10.1 Å². The van der Waals surface area contributed by atoms with Crippen molar-refractivity contribution in [1.82, 2.24) is 5.43 Å². The Morgan fingerprint density at radius 2 is 2.31 bits per heavy atom. The van der Waals surface area contributed by atoms with Crippen LogP contribution in [0.25, 0.3) is 0 Å². The average Bonchev–Trinajstić information content (AvgIpc) is 2.16. The van der Waals surface area contributed by atoms with E-state index in [4.69, 9.17) is 0 Å². The normalized spacial score (nSPS) is 11.9. The summed E-state index contributed by atoms with van der Waals surface area (Å²) in [5.74, 6) is 0.539. The van der Waals surface area contributed by atoms with Crippen LogP contribution < -0.4 is 5.43 Å². The number of aliphatic imine (C=N–C) groups is 1. The number of ether oxygens (including phenoxy) is 1. The highest BCUT2D eigenvalue weighted by atomic mass is 16.5. The Morgan fingerprint density at radius 1 is 1.54 bits per heavy atom. The van der Waals surface area contributed by atoms with Crippen molar-refractivity contribution in [2.45, 2.75) is 0 Å².